The van der Waals surface area contributed by atoms with Crippen LogP contribution in [-0.4, -0.2) is 23.2 Å². The number of aliphatic hydroxyl groups excluding tert-OH is 1. The van der Waals surface area contributed by atoms with E-state index in [9.17, 15) is 9.90 Å². The third kappa shape index (κ3) is 11.7. The maximum absolute atomic E-state index is 11.3. The molecule has 0 fully saturated rings. The zero-order valence-electron chi connectivity index (χ0n) is 11.8. The van der Waals surface area contributed by atoms with E-state index in [0.29, 0.717) is 12.3 Å². The topological polar surface area (TPSA) is 49.3 Å². The van der Waals surface area contributed by atoms with Gasteiger partial charge in [-0.1, -0.05) is 20.3 Å². The molecule has 3 heteroatoms. The van der Waals surface area contributed by atoms with Crippen molar-refractivity contribution in [3.63, 3.8) is 0 Å². The first-order valence-electron chi connectivity index (χ1n) is 6.89. The van der Waals surface area contributed by atoms with Crippen molar-refractivity contribution in [3.8, 4) is 0 Å². The lowest BCUT2D eigenvalue weighted by atomic mass is 10.0. The predicted octanol–water partition coefficient (Wildman–Crippen LogP) is 2.87. The minimum Gasteiger partial charge on any atom is -0.393 e. The molecule has 0 radical (unpaired) electrons. The van der Waals surface area contributed by atoms with E-state index in [2.05, 4.69) is 19.2 Å². The number of carbonyl (C=O) groups is 1. The van der Waals surface area contributed by atoms with Gasteiger partial charge in [-0.2, -0.15) is 0 Å². The Morgan fingerprint density at radius 3 is 2.24 bits per heavy atom. The maximum Gasteiger partial charge on any atom is 0.220 e. The van der Waals surface area contributed by atoms with Crippen LogP contribution in [0.5, 0.6) is 0 Å². The van der Waals surface area contributed by atoms with E-state index in [4.69, 9.17) is 0 Å². The van der Waals surface area contributed by atoms with Gasteiger partial charge in [0.2, 0.25) is 5.91 Å². The fraction of sp³-hybridized carbons (Fsp3) is 0.929. The monoisotopic (exact) mass is 243 g/mol. The number of carbonyl (C=O) groups excluding carboxylic acids is 1. The molecule has 17 heavy (non-hydrogen) atoms. The Morgan fingerprint density at radius 2 is 1.71 bits per heavy atom. The fourth-order valence-electron chi connectivity index (χ4n) is 1.73. The summed E-state index contributed by atoms with van der Waals surface area (Å²) in [6.45, 7) is 8.27. The highest BCUT2D eigenvalue weighted by Gasteiger charge is 2.07. The molecule has 0 saturated heterocycles. The summed E-state index contributed by atoms with van der Waals surface area (Å²) in [4.78, 5) is 11.3. The molecule has 3 nitrogen and oxygen atoms in total. The molecule has 1 atom stereocenters. The largest absolute Gasteiger partial charge is 0.393 e. The fourth-order valence-corrected chi connectivity index (χ4v) is 1.73. The summed E-state index contributed by atoms with van der Waals surface area (Å²) in [7, 11) is 0. The van der Waals surface area contributed by atoms with E-state index in [1.807, 2.05) is 13.8 Å². The number of hydrogen-bond acceptors (Lipinski definition) is 2. The summed E-state index contributed by atoms with van der Waals surface area (Å²) in [6.07, 6.45) is 4.98. The highest BCUT2D eigenvalue weighted by Crippen LogP contribution is 2.12. The van der Waals surface area contributed by atoms with Crippen LogP contribution in [0, 0.1) is 5.92 Å². The second-order valence-corrected chi connectivity index (χ2v) is 5.59. The minimum atomic E-state index is -0.189. The molecule has 0 aliphatic rings. The normalized spacial score (nSPS) is 13.1. The van der Waals surface area contributed by atoms with E-state index in [1.54, 1.807) is 0 Å². The number of aliphatic hydroxyl groups is 1. The van der Waals surface area contributed by atoms with Crippen molar-refractivity contribution in [2.45, 2.75) is 78.4 Å². The number of amides is 1. The van der Waals surface area contributed by atoms with E-state index in [0.717, 1.165) is 32.1 Å². The van der Waals surface area contributed by atoms with Gasteiger partial charge in [-0.05, 0) is 45.4 Å². The molecule has 1 amide bonds. The van der Waals surface area contributed by atoms with Gasteiger partial charge >= 0.3 is 0 Å². The van der Waals surface area contributed by atoms with Crippen LogP contribution in [0.25, 0.3) is 0 Å². The summed E-state index contributed by atoms with van der Waals surface area (Å²) < 4.78 is 0. The SMILES string of the molecule is CC(C)CCC(O)CCCCC(=O)NC(C)C. The number of unbranched alkanes of at least 4 members (excludes halogenated alkanes) is 1. The molecule has 0 aliphatic heterocycles. The highest BCUT2D eigenvalue weighted by atomic mass is 16.3. The maximum atomic E-state index is 11.3. The van der Waals surface area contributed by atoms with Gasteiger partial charge in [0, 0.05) is 12.5 Å². The van der Waals surface area contributed by atoms with E-state index in [-0.39, 0.29) is 18.1 Å². The van der Waals surface area contributed by atoms with Crippen LogP contribution in [0.1, 0.15) is 66.2 Å². The third-order valence-corrected chi connectivity index (χ3v) is 2.72. The van der Waals surface area contributed by atoms with Crippen molar-refractivity contribution in [3.05, 3.63) is 0 Å². The molecule has 0 spiro atoms. The minimum absolute atomic E-state index is 0.122. The van der Waals surface area contributed by atoms with Gasteiger partial charge < -0.3 is 10.4 Å². The van der Waals surface area contributed by atoms with Crippen LogP contribution in [0.4, 0.5) is 0 Å². The summed E-state index contributed by atoms with van der Waals surface area (Å²) in [5.74, 6) is 0.776. The Labute approximate surface area is 106 Å². The molecule has 0 aliphatic carbocycles. The first-order chi connectivity index (χ1) is 7.91. The molecule has 0 heterocycles. The summed E-state index contributed by atoms with van der Waals surface area (Å²) in [5.41, 5.74) is 0. The van der Waals surface area contributed by atoms with E-state index >= 15 is 0 Å². The lowest BCUT2D eigenvalue weighted by molar-refractivity contribution is -0.121. The van der Waals surface area contributed by atoms with Crippen LogP contribution < -0.4 is 5.32 Å². The van der Waals surface area contributed by atoms with Crippen molar-refractivity contribution in [2.24, 2.45) is 5.92 Å². The Morgan fingerprint density at radius 1 is 1.06 bits per heavy atom. The van der Waals surface area contributed by atoms with Crippen molar-refractivity contribution in [1.82, 2.24) is 5.32 Å². The van der Waals surface area contributed by atoms with Gasteiger partial charge in [-0.3, -0.25) is 4.79 Å². The van der Waals surface area contributed by atoms with Crippen LogP contribution in [0.2, 0.25) is 0 Å². The summed E-state index contributed by atoms with van der Waals surface area (Å²) in [5, 5.41) is 12.6. The van der Waals surface area contributed by atoms with Gasteiger partial charge in [-0.25, -0.2) is 0 Å². The Bertz CT molecular complexity index is 202. The highest BCUT2D eigenvalue weighted by molar-refractivity contribution is 5.76. The van der Waals surface area contributed by atoms with Gasteiger partial charge in [0.05, 0.1) is 6.10 Å². The average Bonchev–Trinajstić information content (AvgIpc) is 2.20. The number of rotatable bonds is 9. The number of hydrogen-bond donors (Lipinski definition) is 2. The third-order valence-electron chi connectivity index (χ3n) is 2.72. The van der Waals surface area contributed by atoms with Crippen LogP contribution >= 0.6 is 0 Å². The Kier molecular flexibility index (Phi) is 9.14. The van der Waals surface area contributed by atoms with E-state index in [1.165, 1.54) is 0 Å². The molecule has 102 valence electrons. The molecule has 0 aromatic heterocycles. The van der Waals surface area contributed by atoms with Crippen molar-refractivity contribution in [1.29, 1.82) is 0 Å². The van der Waals surface area contributed by atoms with Crippen LogP contribution in [0.3, 0.4) is 0 Å². The Balaban J connectivity index is 3.41. The molecular weight excluding hydrogens is 214 g/mol. The molecule has 0 bridgehead atoms. The second kappa shape index (κ2) is 9.46. The first-order valence-corrected chi connectivity index (χ1v) is 6.89. The lowest BCUT2D eigenvalue weighted by Crippen LogP contribution is -2.29. The lowest BCUT2D eigenvalue weighted by Gasteiger charge is -2.12. The van der Waals surface area contributed by atoms with Gasteiger partial charge in [-0.15, -0.1) is 0 Å². The summed E-state index contributed by atoms with van der Waals surface area (Å²) in [6, 6.07) is 0.221. The summed E-state index contributed by atoms with van der Waals surface area (Å²) >= 11 is 0. The molecular formula is C14H29NO2. The van der Waals surface area contributed by atoms with Gasteiger partial charge in [0.15, 0.2) is 0 Å². The molecule has 0 aromatic carbocycles. The molecule has 0 saturated carbocycles. The zero-order valence-corrected chi connectivity index (χ0v) is 11.8. The van der Waals surface area contributed by atoms with Gasteiger partial charge in [0.1, 0.15) is 0 Å². The Hall–Kier alpha value is -0.570. The molecule has 1 unspecified atom stereocenters. The molecule has 2 N–H and O–H groups in total. The standard InChI is InChI=1S/C14H29NO2/c1-11(2)9-10-13(16)7-5-6-8-14(17)15-12(3)4/h11-13,16H,5-10H2,1-4H3,(H,15,17). The van der Waals surface area contributed by atoms with Gasteiger partial charge in [0.25, 0.3) is 0 Å². The quantitative estimate of drug-likeness (QED) is 0.612. The predicted molar refractivity (Wildman–Crippen MR) is 71.8 cm³/mol. The first kappa shape index (κ1) is 16.4. The van der Waals surface area contributed by atoms with E-state index < -0.39 is 0 Å². The van der Waals surface area contributed by atoms with Crippen molar-refractivity contribution < 1.29 is 9.90 Å². The molecule has 0 rings (SSSR count). The smallest absolute Gasteiger partial charge is 0.220 e. The van der Waals surface area contributed by atoms with Crippen LogP contribution in [-0.2, 0) is 4.79 Å². The van der Waals surface area contributed by atoms with Crippen molar-refractivity contribution in [2.75, 3.05) is 0 Å². The molecule has 0 aromatic rings. The zero-order chi connectivity index (χ0) is 13.3. The van der Waals surface area contributed by atoms with Crippen molar-refractivity contribution >= 4 is 5.91 Å². The average molecular weight is 243 g/mol. The number of nitrogens with one attached hydrogen (secondary N) is 1. The van der Waals surface area contributed by atoms with Crippen LogP contribution in [0.15, 0.2) is 0 Å². The second-order valence-electron chi connectivity index (χ2n) is 5.59.